The zero-order chi connectivity index (χ0) is 15.1. The normalized spacial score (nSPS) is 12.6. The van der Waals surface area contributed by atoms with Gasteiger partial charge in [0.05, 0.1) is 18.0 Å². The molecule has 0 bridgehead atoms. The maximum atomic E-state index is 12.8. The minimum atomic E-state index is -0.658. The van der Waals surface area contributed by atoms with Crippen molar-refractivity contribution in [3.63, 3.8) is 0 Å². The maximum absolute atomic E-state index is 12.8. The SMILES string of the molecule is CN(CCc1ccncc1)CCC(O)c1ccc(F)cn1. The lowest BCUT2D eigenvalue weighted by Crippen LogP contribution is -2.24. The molecule has 0 aliphatic rings. The largest absolute Gasteiger partial charge is 0.387 e. The molecule has 0 aliphatic carbocycles. The number of aliphatic hydroxyl groups is 1. The van der Waals surface area contributed by atoms with Gasteiger partial charge in [-0.15, -0.1) is 0 Å². The van der Waals surface area contributed by atoms with Gasteiger partial charge in [0.1, 0.15) is 5.82 Å². The molecule has 2 aromatic rings. The van der Waals surface area contributed by atoms with E-state index in [9.17, 15) is 9.50 Å². The van der Waals surface area contributed by atoms with Crippen LogP contribution in [0.4, 0.5) is 4.39 Å². The molecule has 0 saturated heterocycles. The number of hydrogen-bond donors (Lipinski definition) is 1. The summed E-state index contributed by atoms with van der Waals surface area (Å²) in [6.07, 6.45) is 5.58. The quantitative estimate of drug-likeness (QED) is 0.849. The minimum Gasteiger partial charge on any atom is -0.387 e. The summed E-state index contributed by atoms with van der Waals surface area (Å²) >= 11 is 0. The summed E-state index contributed by atoms with van der Waals surface area (Å²) in [6, 6.07) is 6.85. The van der Waals surface area contributed by atoms with Crippen molar-refractivity contribution in [2.75, 3.05) is 20.1 Å². The second-order valence-electron chi connectivity index (χ2n) is 5.11. The molecular formula is C16H20FN3O. The summed E-state index contributed by atoms with van der Waals surface area (Å²) in [5, 5.41) is 10.0. The number of rotatable bonds is 7. The number of aliphatic hydroxyl groups excluding tert-OH is 1. The van der Waals surface area contributed by atoms with Crippen LogP contribution < -0.4 is 0 Å². The van der Waals surface area contributed by atoms with Gasteiger partial charge in [0.25, 0.3) is 0 Å². The van der Waals surface area contributed by atoms with E-state index in [4.69, 9.17) is 0 Å². The highest BCUT2D eigenvalue weighted by molar-refractivity contribution is 5.10. The molecule has 112 valence electrons. The van der Waals surface area contributed by atoms with Crippen molar-refractivity contribution in [2.24, 2.45) is 0 Å². The number of nitrogens with zero attached hydrogens (tertiary/aromatic N) is 3. The highest BCUT2D eigenvalue weighted by Crippen LogP contribution is 2.14. The van der Waals surface area contributed by atoms with E-state index in [0.29, 0.717) is 12.1 Å². The van der Waals surface area contributed by atoms with Crippen molar-refractivity contribution in [1.29, 1.82) is 0 Å². The molecule has 1 atom stereocenters. The van der Waals surface area contributed by atoms with Crippen LogP contribution in [0.1, 0.15) is 23.8 Å². The molecule has 1 unspecified atom stereocenters. The van der Waals surface area contributed by atoms with Crippen LogP contribution in [0.2, 0.25) is 0 Å². The van der Waals surface area contributed by atoms with Gasteiger partial charge >= 0.3 is 0 Å². The van der Waals surface area contributed by atoms with Gasteiger partial charge in [-0.25, -0.2) is 4.39 Å². The number of likely N-dealkylation sites (N-methyl/N-ethyl adjacent to an activating group) is 1. The fourth-order valence-electron chi connectivity index (χ4n) is 2.06. The van der Waals surface area contributed by atoms with E-state index < -0.39 is 6.10 Å². The average Bonchev–Trinajstić information content (AvgIpc) is 2.52. The van der Waals surface area contributed by atoms with E-state index in [0.717, 1.165) is 25.7 Å². The Hall–Kier alpha value is -1.85. The first-order valence-electron chi connectivity index (χ1n) is 7.02. The molecule has 0 aromatic carbocycles. The molecule has 5 heteroatoms. The van der Waals surface area contributed by atoms with Crippen LogP contribution in [0.15, 0.2) is 42.9 Å². The molecule has 2 heterocycles. The summed E-state index contributed by atoms with van der Waals surface area (Å²) in [5.74, 6) is -0.389. The minimum absolute atomic E-state index is 0.389. The van der Waals surface area contributed by atoms with Gasteiger partial charge in [-0.2, -0.15) is 0 Å². The maximum Gasteiger partial charge on any atom is 0.141 e. The first kappa shape index (κ1) is 15.5. The monoisotopic (exact) mass is 289 g/mol. The van der Waals surface area contributed by atoms with Crippen molar-refractivity contribution in [2.45, 2.75) is 18.9 Å². The van der Waals surface area contributed by atoms with Gasteiger partial charge < -0.3 is 10.0 Å². The zero-order valence-electron chi connectivity index (χ0n) is 12.1. The Labute approximate surface area is 124 Å². The zero-order valence-corrected chi connectivity index (χ0v) is 12.1. The first-order chi connectivity index (χ1) is 10.1. The molecule has 0 fully saturated rings. The van der Waals surface area contributed by atoms with Crippen molar-refractivity contribution >= 4 is 0 Å². The second-order valence-corrected chi connectivity index (χ2v) is 5.11. The third-order valence-corrected chi connectivity index (χ3v) is 3.41. The average molecular weight is 289 g/mol. The molecule has 0 amide bonds. The van der Waals surface area contributed by atoms with E-state index in [2.05, 4.69) is 14.9 Å². The summed E-state index contributed by atoms with van der Waals surface area (Å²) in [7, 11) is 2.02. The standard InChI is InChI=1S/C16H20FN3O/c1-20(10-6-13-4-8-18-9-5-13)11-7-16(21)15-3-2-14(17)12-19-15/h2-5,8-9,12,16,21H,6-7,10-11H2,1H3. The molecule has 1 N–H and O–H groups in total. The molecule has 4 nitrogen and oxygen atoms in total. The van der Waals surface area contributed by atoms with Crippen LogP contribution in [0.5, 0.6) is 0 Å². The van der Waals surface area contributed by atoms with Gasteiger partial charge in [0, 0.05) is 25.5 Å². The van der Waals surface area contributed by atoms with Gasteiger partial charge in [0.15, 0.2) is 0 Å². The van der Waals surface area contributed by atoms with E-state index in [-0.39, 0.29) is 5.82 Å². The van der Waals surface area contributed by atoms with E-state index in [1.54, 1.807) is 12.4 Å². The van der Waals surface area contributed by atoms with Gasteiger partial charge in [-0.3, -0.25) is 9.97 Å². The number of hydrogen-bond acceptors (Lipinski definition) is 4. The van der Waals surface area contributed by atoms with Crippen molar-refractivity contribution in [3.05, 3.63) is 59.9 Å². The number of pyridine rings is 2. The van der Waals surface area contributed by atoms with Crippen LogP contribution in [0.3, 0.4) is 0 Å². The molecular weight excluding hydrogens is 269 g/mol. The van der Waals surface area contributed by atoms with Crippen LogP contribution in [-0.2, 0) is 6.42 Å². The number of aromatic nitrogens is 2. The van der Waals surface area contributed by atoms with E-state index >= 15 is 0 Å². The Morgan fingerprint density at radius 1 is 1.19 bits per heavy atom. The van der Waals surface area contributed by atoms with Crippen molar-refractivity contribution in [3.8, 4) is 0 Å². The molecule has 0 aliphatic heterocycles. The third kappa shape index (κ3) is 5.21. The highest BCUT2D eigenvalue weighted by Gasteiger charge is 2.10. The van der Waals surface area contributed by atoms with Crippen LogP contribution in [0, 0.1) is 5.82 Å². The Morgan fingerprint density at radius 3 is 2.62 bits per heavy atom. The molecule has 2 rings (SSSR count). The van der Waals surface area contributed by atoms with Gasteiger partial charge in [0.2, 0.25) is 0 Å². The third-order valence-electron chi connectivity index (χ3n) is 3.41. The summed E-state index contributed by atoms with van der Waals surface area (Å²) < 4.78 is 12.8. The van der Waals surface area contributed by atoms with Crippen LogP contribution in [-0.4, -0.2) is 40.1 Å². The Morgan fingerprint density at radius 2 is 1.95 bits per heavy atom. The Bertz CT molecular complexity index is 533. The highest BCUT2D eigenvalue weighted by atomic mass is 19.1. The first-order valence-corrected chi connectivity index (χ1v) is 7.02. The predicted octanol–water partition coefficient (Wildman–Crippen LogP) is 2.21. The smallest absolute Gasteiger partial charge is 0.141 e. The summed E-state index contributed by atoms with van der Waals surface area (Å²) in [6.45, 7) is 1.67. The predicted molar refractivity (Wildman–Crippen MR) is 79.2 cm³/mol. The van der Waals surface area contributed by atoms with Crippen LogP contribution in [0.25, 0.3) is 0 Å². The van der Waals surface area contributed by atoms with Gasteiger partial charge in [-0.1, -0.05) is 0 Å². The Kier molecular flexibility index (Phi) is 5.78. The van der Waals surface area contributed by atoms with Crippen molar-refractivity contribution in [1.82, 2.24) is 14.9 Å². The fraction of sp³-hybridized carbons (Fsp3) is 0.375. The molecule has 21 heavy (non-hydrogen) atoms. The van der Waals surface area contributed by atoms with Crippen molar-refractivity contribution < 1.29 is 9.50 Å². The van der Waals surface area contributed by atoms with E-state index in [1.807, 2.05) is 19.2 Å². The van der Waals surface area contributed by atoms with Gasteiger partial charge in [-0.05, 0) is 49.7 Å². The lowest BCUT2D eigenvalue weighted by atomic mass is 10.1. The molecule has 0 radical (unpaired) electrons. The lowest BCUT2D eigenvalue weighted by Gasteiger charge is -2.18. The van der Waals surface area contributed by atoms with E-state index in [1.165, 1.54) is 17.7 Å². The molecule has 2 aromatic heterocycles. The van der Waals surface area contributed by atoms with Crippen LogP contribution >= 0.6 is 0 Å². The molecule has 0 spiro atoms. The Balaban J connectivity index is 1.73. The summed E-state index contributed by atoms with van der Waals surface area (Å²) in [4.78, 5) is 10.1. The fourth-order valence-corrected chi connectivity index (χ4v) is 2.06. The summed E-state index contributed by atoms with van der Waals surface area (Å²) in [5.41, 5.74) is 1.76. The topological polar surface area (TPSA) is 49.2 Å². The number of halogens is 1. The lowest BCUT2D eigenvalue weighted by molar-refractivity contribution is 0.145. The molecule has 0 saturated carbocycles. The second kappa shape index (κ2) is 7.81.